The summed E-state index contributed by atoms with van der Waals surface area (Å²) in [6.07, 6.45) is 0. The Morgan fingerprint density at radius 3 is 2.38 bits per heavy atom. The van der Waals surface area contributed by atoms with E-state index in [1.54, 1.807) is 6.92 Å². The van der Waals surface area contributed by atoms with Crippen molar-refractivity contribution in [3.63, 3.8) is 0 Å². The lowest BCUT2D eigenvalue weighted by atomic mass is 10.1. The fraction of sp³-hybridized carbons (Fsp3) is 0.111. The van der Waals surface area contributed by atoms with Gasteiger partial charge in [0, 0.05) is 0 Å². The summed E-state index contributed by atoms with van der Waals surface area (Å²) in [5.41, 5.74) is 2.77. The van der Waals surface area contributed by atoms with Crippen LogP contribution in [-0.4, -0.2) is 0 Å². The molecule has 0 aliphatic carbocycles. The van der Waals surface area contributed by atoms with Crippen LogP contribution in [0.4, 0.5) is 0 Å². The molecule has 0 radical (unpaired) electrons. The van der Waals surface area contributed by atoms with E-state index >= 15 is 0 Å². The van der Waals surface area contributed by atoms with E-state index in [2.05, 4.69) is 4.85 Å². The molecule has 21 heavy (non-hydrogen) atoms. The molecule has 0 aliphatic heterocycles. The van der Waals surface area contributed by atoms with Crippen LogP contribution in [0.5, 0.6) is 5.75 Å². The van der Waals surface area contributed by atoms with Gasteiger partial charge in [-0.1, -0.05) is 42.5 Å². The maximum atomic E-state index is 8.88. The van der Waals surface area contributed by atoms with Crippen molar-refractivity contribution in [2.45, 2.75) is 13.5 Å². The van der Waals surface area contributed by atoms with E-state index in [9.17, 15) is 0 Å². The number of hydrogen-bond acceptors (Lipinski definition) is 2. The Balaban J connectivity index is 2.08. The van der Waals surface area contributed by atoms with E-state index in [0.29, 0.717) is 12.2 Å². The molecule has 0 saturated carbocycles. The minimum absolute atomic E-state index is 0.118. The highest BCUT2D eigenvalue weighted by Crippen LogP contribution is 2.22. The van der Waals surface area contributed by atoms with E-state index < -0.39 is 0 Å². The predicted molar refractivity (Wildman–Crippen MR) is 82.0 cm³/mol. The molecule has 3 heteroatoms. The molecule has 0 N–H and O–H groups in total. The third-order valence-electron chi connectivity index (χ3n) is 3.11. The van der Waals surface area contributed by atoms with Crippen LogP contribution >= 0.6 is 0 Å². The van der Waals surface area contributed by atoms with E-state index in [-0.39, 0.29) is 5.70 Å². The Kier molecular flexibility index (Phi) is 4.75. The molecule has 3 nitrogen and oxygen atoms in total. The number of allylic oxidation sites excluding steroid dienone is 2. The Morgan fingerprint density at radius 2 is 1.81 bits per heavy atom. The number of rotatable bonds is 4. The monoisotopic (exact) mass is 274 g/mol. The minimum Gasteiger partial charge on any atom is -0.489 e. The summed E-state index contributed by atoms with van der Waals surface area (Å²) in [6.45, 7) is 9.25. The fourth-order valence-corrected chi connectivity index (χ4v) is 1.87. The Labute approximate surface area is 124 Å². The number of ether oxygens (including phenoxy) is 1. The lowest BCUT2D eigenvalue weighted by Crippen LogP contribution is -1.95. The molecule has 0 unspecified atom stereocenters. The van der Waals surface area contributed by atoms with Crippen molar-refractivity contribution in [2.24, 2.45) is 0 Å². The third kappa shape index (κ3) is 3.72. The third-order valence-corrected chi connectivity index (χ3v) is 3.11. The second-order valence-corrected chi connectivity index (χ2v) is 4.50. The highest BCUT2D eigenvalue weighted by Gasteiger charge is 2.04. The Hall–Kier alpha value is -3.04. The fourth-order valence-electron chi connectivity index (χ4n) is 1.87. The van der Waals surface area contributed by atoms with Crippen LogP contribution in [0.15, 0.2) is 60.3 Å². The van der Waals surface area contributed by atoms with Crippen molar-refractivity contribution < 1.29 is 4.74 Å². The van der Waals surface area contributed by atoms with Crippen LogP contribution in [0.3, 0.4) is 0 Å². The zero-order valence-electron chi connectivity index (χ0n) is 11.7. The second kappa shape index (κ2) is 6.93. The predicted octanol–water partition coefficient (Wildman–Crippen LogP) is 4.44. The molecule has 102 valence electrons. The van der Waals surface area contributed by atoms with Crippen molar-refractivity contribution in [3.05, 3.63) is 82.8 Å². The average Bonchev–Trinajstić information content (AvgIpc) is 2.55. The van der Waals surface area contributed by atoms with E-state index in [0.717, 1.165) is 16.9 Å². The van der Waals surface area contributed by atoms with Gasteiger partial charge in [0.25, 0.3) is 5.70 Å². The van der Waals surface area contributed by atoms with Gasteiger partial charge < -0.3 is 4.74 Å². The van der Waals surface area contributed by atoms with Gasteiger partial charge >= 0.3 is 0 Å². The highest BCUT2D eigenvalue weighted by molar-refractivity contribution is 5.71. The van der Waals surface area contributed by atoms with Crippen molar-refractivity contribution in [1.82, 2.24) is 0 Å². The van der Waals surface area contributed by atoms with E-state index in [1.165, 1.54) is 0 Å². The summed E-state index contributed by atoms with van der Waals surface area (Å²) in [5.74, 6) is 0.761. The molecule has 2 rings (SSSR count). The summed E-state index contributed by atoms with van der Waals surface area (Å²) in [7, 11) is 0. The highest BCUT2D eigenvalue weighted by atomic mass is 16.5. The smallest absolute Gasteiger partial charge is 0.265 e. The normalized spacial score (nSPS) is 11.0. The van der Waals surface area contributed by atoms with Gasteiger partial charge in [-0.25, -0.2) is 10.1 Å². The summed E-state index contributed by atoms with van der Waals surface area (Å²) >= 11 is 0. The van der Waals surface area contributed by atoms with E-state index in [1.807, 2.05) is 60.7 Å². The molecular weight excluding hydrogens is 260 g/mol. The van der Waals surface area contributed by atoms with Crippen LogP contribution in [0.25, 0.3) is 10.4 Å². The number of hydrogen-bond donors (Lipinski definition) is 0. The maximum Gasteiger partial charge on any atom is 0.265 e. The van der Waals surface area contributed by atoms with Crippen molar-refractivity contribution in [3.8, 4) is 11.8 Å². The lowest BCUT2D eigenvalue weighted by molar-refractivity contribution is 0.306. The van der Waals surface area contributed by atoms with Gasteiger partial charge in [0.1, 0.15) is 12.4 Å². The molecule has 0 spiro atoms. The van der Waals surface area contributed by atoms with Gasteiger partial charge in [-0.15, -0.1) is 0 Å². The first-order chi connectivity index (χ1) is 10.2. The topological polar surface area (TPSA) is 37.4 Å². The maximum absolute atomic E-state index is 8.88. The van der Waals surface area contributed by atoms with Gasteiger partial charge in [-0.3, -0.25) is 0 Å². The first-order valence-electron chi connectivity index (χ1n) is 6.50. The van der Waals surface area contributed by atoms with Gasteiger partial charge in [0.15, 0.2) is 0 Å². The molecule has 0 heterocycles. The van der Waals surface area contributed by atoms with Crippen LogP contribution in [0.1, 0.15) is 18.1 Å². The summed E-state index contributed by atoms with van der Waals surface area (Å²) in [4.78, 5) is 3.22. The molecule has 2 aromatic rings. The summed E-state index contributed by atoms with van der Waals surface area (Å²) in [6, 6.07) is 19.3. The van der Waals surface area contributed by atoms with Gasteiger partial charge in [0.05, 0.1) is 12.6 Å². The van der Waals surface area contributed by atoms with Gasteiger partial charge in [-0.2, -0.15) is 0 Å². The molecule has 0 aromatic heterocycles. The standard InChI is InChI=1S/C18H14N2O/c1-14(18(12-19)20-2)16-8-10-17(11-9-16)21-13-15-6-4-3-5-7-15/h3-11H,13H2,1H3/b18-14-. The SMILES string of the molecule is [C-]#[N+]/C(C#N)=C(/C)c1ccc(OCc2ccccc2)cc1. The average molecular weight is 274 g/mol. The first kappa shape index (κ1) is 14.4. The van der Waals surface area contributed by atoms with Crippen LogP contribution < -0.4 is 4.74 Å². The number of nitriles is 1. The summed E-state index contributed by atoms with van der Waals surface area (Å²) < 4.78 is 5.70. The van der Waals surface area contributed by atoms with E-state index in [4.69, 9.17) is 16.6 Å². The molecule has 0 amide bonds. The van der Waals surface area contributed by atoms with Crippen molar-refractivity contribution >= 4 is 5.57 Å². The zero-order chi connectivity index (χ0) is 15.1. The largest absolute Gasteiger partial charge is 0.489 e. The van der Waals surface area contributed by atoms with Crippen molar-refractivity contribution in [1.29, 1.82) is 5.26 Å². The van der Waals surface area contributed by atoms with Crippen LogP contribution in [-0.2, 0) is 6.61 Å². The van der Waals surface area contributed by atoms with Crippen LogP contribution in [0, 0.1) is 17.9 Å². The Morgan fingerprint density at radius 1 is 1.14 bits per heavy atom. The molecule has 0 bridgehead atoms. The first-order valence-corrected chi connectivity index (χ1v) is 6.50. The molecular formula is C18H14N2O. The lowest BCUT2D eigenvalue weighted by Gasteiger charge is -2.08. The zero-order valence-corrected chi connectivity index (χ0v) is 11.7. The van der Waals surface area contributed by atoms with Crippen molar-refractivity contribution in [2.75, 3.05) is 0 Å². The van der Waals surface area contributed by atoms with Crippen LogP contribution in [0.2, 0.25) is 0 Å². The minimum atomic E-state index is 0.118. The van der Waals surface area contributed by atoms with Gasteiger partial charge in [0.2, 0.25) is 0 Å². The summed E-state index contributed by atoms with van der Waals surface area (Å²) in [5, 5.41) is 8.88. The second-order valence-electron chi connectivity index (χ2n) is 4.50. The molecule has 0 atom stereocenters. The van der Waals surface area contributed by atoms with Gasteiger partial charge in [-0.05, 0) is 35.8 Å². The molecule has 0 fully saturated rings. The number of nitrogens with zero attached hydrogens (tertiary/aromatic N) is 2. The molecule has 0 saturated heterocycles. The quantitative estimate of drug-likeness (QED) is 0.610. The number of benzene rings is 2. The molecule has 0 aliphatic rings. The molecule has 2 aromatic carbocycles. The Bertz CT molecular complexity index is 701.